The van der Waals surface area contributed by atoms with E-state index in [-0.39, 0.29) is 6.10 Å². The smallest absolute Gasteiger partial charge is 0.213 e. The molecule has 0 spiro atoms. The molecule has 0 atom stereocenters. The van der Waals surface area contributed by atoms with Gasteiger partial charge in [0.15, 0.2) is 5.75 Å². The first-order valence-corrected chi connectivity index (χ1v) is 5.84. The van der Waals surface area contributed by atoms with Gasteiger partial charge in [0.2, 0.25) is 5.88 Å². The van der Waals surface area contributed by atoms with Crippen molar-refractivity contribution in [2.75, 3.05) is 19.5 Å². The number of hydrogen-bond acceptors (Lipinski definition) is 5. The van der Waals surface area contributed by atoms with E-state index in [1.807, 2.05) is 27.0 Å². The summed E-state index contributed by atoms with van der Waals surface area (Å²) in [6.45, 7) is 3.96. The third-order valence-electron chi connectivity index (χ3n) is 2.47. The van der Waals surface area contributed by atoms with Crippen LogP contribution in [0.5, 0.6) is 11.6 Å². The van der Waals surface area contributed by atoms with Crippen molar-refractivity contribution < 1.29 is 9.47 Å². The molecular formula is C13H17N3O2. The lowest BCUT2D eigenvalue weighted by molar-refractivity contribution is 0.246. The number of anilines is 1. The number of methoxy groups -OCH3 is 1. The predicted molar refractivity (Wildman–Crippen MR) is 71.4 cm³/mol. The highest BCUT2D eigenvalue weighted by atomic mass is 16.5. The minimum absolute atomic E-state index is 0.0655. The van der Waals surface area contributed by atoms with Gasteiger partial charge in [0.05, 0.1) is 30.6 Å². The number of aromatic nitrogens is 2. The molecule has 0 amide bonds. The molecule has 0 aliphatic rings. The van der Waals surface area contributed by atoms with Crippen molar-refractivity contribution in [3.63, 3.8) is 0 Å². The largest absolute Gasteiger partial charge is 0.486 e. The van der Waals surface area contributed by atoms with Gasteiger partial charge in [-0.25, -0.2) is 4.98 Å². The summed E-state index contributed by atoms with van der Waals surface area (Å²) >= 11 is 0. The molecule has 2 rings (SSSR count). The number of pyridine rings is 2. The summed E-state index contributed by atoms with van der Waals surface area (Å²) in [7, 11) is 3.42. The first-order chi connectivity index (χ1) is 8.65. The second-order valence-electron chi connectivity index (χ2n) is 4.14. The number of rotatable bonds is 4. The third-order valence-corrected chi connectivity index (χ3v) is 2.47. The molecule has 0 aliphatic heterocycles. The Labute approximate surface area is 106 Å². The summed E-state index contributed by atoms with van der Waals surface area (Å²) < 4.78 is 11.0. The highest BCUT2D eigenvalue weighted by Crippen LogP contribution is 2.32. The molecule has 0 fully saturated rings. The molecule has 1 N–H and O–H groups in total. The van der Waals surface area contributed by atoms with Gasteiger partial charge in [-0.15, -0.1) is 0 Å². The van der Waals surface area contributed by atoms with Crippen LogP contribution in [0.4, 0.5) is 5.69 Å². The Bertz CT molecular complexity index is 550. The normalized spacial score (nSPS) is 10.7. The van der Waals surface area contributed by atoms with Crippen LogP contribution < -0.4 is 14.8 Å². The van der Waals surface area contributed by atoms with E-state index in [1.54, 1.807) is 19.4 Å². The molecule has 18 heavy (non-hydrogen) atoms. The van der Waals surface area contributed by atoms with E-state index in [0.717, 1.165) is 11.2 Å². The van der Waals surface area contributed by atoms with Crippen molar-refractivity contribution in [1.82, 2.24) is 9.97 Å². The fourth-order valence-electron chi connectivity index (χ4n) is 1.67. The first kappa shape index (κ1) is 12.4. The fraction of sp³-hybridized carbons (Fsp3) is 0.385. The molecule has 0 aromatic carbocycles. The Balaban J connectivity index is 2.65. The Morgan fingerprint density at radius 3 is 2.67 bits per heavy atom. The van der Waals surface area contributed by atoms with Gasteiger partial charge < -0.3 is 14.8 Å². The molecule has 2 aromatic heterocycles. The predicted octanol–water partition coefficient (Wildman–Crippen LogP) is 2.47. The number of ether oxygens (including phenoxy) is 2. The standard InChI is InChI=1S/C13H17N3O2/c1-8(2)18-13-10(14-3)7-15-9-5-6-11(17-4)16-12(9)13/h5-8,14H,1-4H3. The average molecular weight is 247 g/mol. The molecule has 0 radical (unpaired) electrons. The van der Waals surface area contributed by atoms with Gasteiger partial charge in [-0.2, -0.15) is 0 Å². The summed E-state index contributed by atoms with van der Waals surface area (Å²) in [4.78, 5) is 8.74. The van der Waals surface area contributed by atoms with Crippen LogP contribution in [-0.4, -0.2) is 30.2 Å². The maximum atomic E-state index is 5.83. The highest BCUT2D eigenvalue weighted by molar-refractivity contribution is 5.87. The van der Waals surface area contributed by atoms with Crippen molar-refractivity contribution in [2.24, 2.45) is 0 Å². The van der Waals surface area contributed by atoms with E-state index < -0.39 is 0 Å². The first-order valence-electron chi connectivity index (χ1n) is 5.84. The molecule has 2 aromatic rings. The van der Waals surface area contributed by atoms with Gasteiger partial charge in [-0.05, 0) is 19.9 Å². The molecule has 0 unspecified atom stereocenters. The van der Waals surface area contributed by atoms with Crippen molar-refractivity contribution in [2.45, 2.75) is 20.0 Å². The summed E-state index contributed by atoms with van der Waals surface area (Å²) in [5, 5.41) is 3.06. The SMILES string of the molecule is CNc1cnc2ccc(OC)nc2c1OC(C)C. The minimum atomic E-state index is 0.0655. The monoisotopic (exact) mass is 247 g/mol. The zero-order chi connectivity index (χ0) is 13.1. The van der Waals surface area contributed by atoms with Crippen LogP contribution in [-0.2, 0) is 0 Å². The van der Waals surface area contributed by atoms with Gasteiger partial charge in [0.25, 0.3) is 0 Å². The van der Waals surface area contributed by atoms with Crippen LogP contribution in [0, 0.1) is 0 Å². The minimum Gasteiger partial charge on any atom is -0.486 e. The lowest BCUT2D eigenvalue weighted by atomic mass is 10.2. The Hall–Kier alpha value is -2.04. The van der Waals surface area contributed by atoms with Crippen LogP contribution in [0.1, 0.15) is 13.8 Å². The third kappa shape index (κ3) is 2.30. The van der Waals surface area contributed by atoms with Crippen molar-refractivity contribution in [1.29, 1.82) is 0 Å². The van der Waals surface area contributed by atoms with Crippen molar-refractivity contribution in [3.8, 4) is 11.6 Å². The average Bonchev–Trinajstić information content (AvgIpc) is 2.38. The summed E-state index contributed by atoms with van der Waals surface area (Å²) in [6.07, 6.45) is 1.81. The molecule has 0 saturated carbocycles. The zero-order valence-electron chi connectivity index (χ0n) is 11.0. The molecule has 0 bridgehead atoms. The number of nitrogens with zero attached hydrogens (tertiary/aromatic N) is 2. The van der Waals surface area contributed by atoms with E-state index in [2.05, 4.69) is 15.3 Å². The van der Waals surface area contributed by atoms with E-state index in [4.69, 9.17) is 9.47 Å². The molecule has 5 heteroatoms. The topological polar surface area (TPSA) is 56.3 Å². The maximum absolute atomic E-state index is 5.83. The van der Waals surface area contributed by atoms with Crippen LogP contribution in [0.2, 0.25) is 0 Å². The van der Waals surface area contributed by atoms with Crippen molar-refractivity contribution in [3.05, 3.63) is 18.3 Å². The van der Waals surface area contributed by atoms with Crippen LogP contribution in [0.25, 0.3) is 11.0 Å². The summed E-state index contributed by atoms with van der Waals surface area (Å²) in [6, 6.07) is 3.65. The molecule has 0 saturated heterocycles. The Morgan fingerprint density at radius 2 is 2.06 bits per heavy atom. The van der Waals surface area contributed by atoms with Gasteiger partial charge >= 0.3 is 0 Å². The van der Waals surface area contributed by atoms with Crippen molar-refractivity contribution >= 4 is 16.7 Å². The van der Waals surface area contributed by atoms with Crippen LogP contribution in [0.15, 0.2) is 18.3 Å². The van der Waals surface area contributed by atoms with E-state index in [0.29, 0.717) is 17.1 Å². The van der Waals surface area contributed by atoms with Crippen LogP contribution in [0.3, 0.4) is 0 Å². The summed E-state index contributed by atoms with van der Waals surface area (Å²) in [5.74, 6) is 1.25. The van der Waals surface area contributed by atoms with E-state index >= 15 is 0 Å². The van der Waals surface area contributed by atoms with E-state index in [9.17, 15) is 0 Å². The second-order valence-corrected chi connectivity index (χ2v) is 4.14. The lowest BCUT2D eigenvalue weighted by Gasteiger charge is -2.15. The highest BCUT2D eigenvalue weighted by Gasteiger charge is 2.13. The fourth-order valence-corrected chi connectivity index (χ4v) is 1.67. The quantitative estimate of drug-likeness (QED) is 0.899. The molecular weight excluding hydrogens is 230 g/mol. The van der Waals surface area contributed by atoms with Gasteiger partial charge in [-0.1, -0.05) is 0 Å². The zero-order valence-corrected chi connectivity index (χ0v) is 11.0. The second kappa shape index (κ2) is 5.08. The number of hydrogen-bond donors (Lipinski definition) is 1. The molecule has 2 heterocycles. The molecule has 5 nitrogen and oxygen atoms in total. The summed E-state index contributed by atoms with van der Waals surface area (Å²) in [5.41, 5.74) is 2.30. The molecule has 0 aliphatic carbocycles. The van der Waals surface area contributed by atoms with Gasteiger partial charge in [-0.3, -0.25) is 4.98 Å². The van der Waals surface area contributed by atoms with Crippen LogP contribution >= 0.6 is 0 Å². The van der Waals surface area contributed by atoms with E-state index in [1.165, 1.54) is 0 Å². The van der Waals surface area contributed by atoms with Gasteiger partial charge in [0.1, 0.15) is 5.52 Å². The number of fused-ring (bicyclic) bond motifs is 1. The molecule has 96 valence electrons. The number of nitrogens with one attached hydrogen (secondary N) is 1. The Morgan fingerprint density at radius 1 is 1.28 bits per heavy atom. The lowest BCUT2D eigenvalue weighted by Crippen LogP contribution is -2.09. The van der Waals surface area contributed by atoms with Gasteiger partial charge in [0, 0.05) is 13.1 Å². The Kier molecular flexibility index (Phi) is 3.50. The maximum Gasteiger partial charge on any atom is 0.213 e.